The van der Waals surface area contributed by atoms with Gasteiger partial charge in [-0.25, -0.2) is 4.68 Å². The molecule has 3 nitrogen and oxygen atoms in total. The van der Waals surface area contributed by atoms with Crippen LogP contribution in [-0.2, 0) is 6.54 Å². The van der Waals surface area contributed by atoms with E-state index < -0.39 is 0 Å². The van der Waals surface area contributed by atoms with Crippen molar-refractivity contribution in [3.63, 3.8) is 0 Å². The first-order valence-corrected chi connectivity index (χ1v) is 6.28. The largest absolute Gasteiger partial charge is 0.383 e. The normalized spacial score (nSPS) is 10.6. The molecule has 0 spiro atoms. The highest BCUT2D eigenvalue weighted by Crippen LogP contribution is 2.24. The average Bonchev–Trinajstić information content (AvgIpc) is 2.64. The fourth-order valence-corrected chi connectivity index (χ4v) is 2.21. The summed E-state index contributed by atoms with van der Waals surface area (Å²) in [6, 6.07) is 10.2. The third-order valence-electron chi connectivity index (χ3n) is 2.32. The standard InChI is InChI=1S/C12H15N3S/c1-2-16-11-8-14-15(12(11)13)9-10-6-4-3-5-7-10/h3-8H,2,9,13H2,1H3. The van der Waals surface area contributed by atoms with Gasteiger partial charge >= 0.3 is 0 Å². The van der Waals surface area contributed by atoms with Crippen LogP contribution in [0.5, 0.6) is 0 Å². The molecule has 0 unspecified atom stereocenters. The van der Waals surface area contributed by atoms with E-state index in [2.05, 4.69) is 24.2 Å². The van der Waals surface area contributed by atoms with Gasteiger partial charge in [0, 0.05) is 0 Å². The van der Waals surface area contributed by atoms with Gasteiger partial charge in [-0.15, -0.1) is 11.8 Å². The van der Waals surface area contributed by atoms with Crippen molar-refractivity contribution in [3.8, 4) is 0 Å². The summed E-state index contributed by atoms with van der Waals surface area (Å²) in [6.07, 6.45) is 1.84. The number of benzene rings is 1. The van der Waals surface area contributed by atoms with Gasteiger partial charge in [-0.1, -0.05) is 37.3 Å². The van der Waals surface area contributed by atoms with Crippen LogP contribution in [0.2, 0.25) is 0 Å². The highest BCUT2D eigenvalue weighted by Gasteiger charge is 2.06. The average molecular weight is 233 g/mol. The quantitative estimate of drug-likeness (QED) is 0.826. The molecule has 0 radical (unpaired) electrons. The predicted octanol–water partition coefficient (Wildman–Crippen LogP) is 2.63. The summed E-state index contributed by atoms with van der Waals surface area (Å²) < 4.78 is 1.84. The SMILES string of the molecule is CCSc1cnn(Cc2ccccc2)c1N. The molecule has 4 heteroatoms. The van der Waals surface area contributed by atoms with E-state index in [9.17, 15) is 0 Å². The van der Waals surface area contributed by atoms with Gasteiger partial charge in [0.2, 0.25) is 0 Å². The Labute approximate surface area is 99.7 Å². The molecule has 0 bridgehead atoms. The third-order valence-corrected chi connectivity index (χ3v) is 3.23. The van der Waals surface area contributed by atoms with Gasteiger partial charge in [0.15, 0.2) is 0 Å². The smallest absolute Gasteiger partial charge is 0.135 e. The summed E-state index contributed by atoms with van der Waals surface area (Å²) in [5.41, 5.74) is 7.23. The maximum atomic E-state index is 6.02. The van der Waals surface area contributed by atoms with Crippen LogP contribution in [0.4, 0.5) is 5.82 Å². The van der Waals surface area contributed by atoms with Crippen molar-refractivity contribution in [1.82, 2.24) is 9.78 Å². The van der Waals surface area contributed by atoms with Crippen molar-refractivity contribution >= 4 is 17.6 Å². The first-order chi connectivity index (χ1) is 7.81. The van der Waals surface area contributed by atoms with Gasteiger partial charge in [0.05, 0.1) is 17.6 Å². The molecule has 1 heterocycles. The van der Waals surface area contributed by atoms with Crippen molar-refractivity contribution in [2.75, 3.05) is 11.5 Å². The number of thioether (sulfide) groups is 1. The zero-order chi connectivity index (χ0) is 11.4. The van der Waals surface area contributed by atoms with Gasteiger partial charge in [-0.2, -0.15) is 5.10 Å². The number of nitrogen functional groups attached to an aromatic ring is 1. The number of anilines is 1. The summed E-state index contributed by atoms with van der Waals surface area (Å²) in [6.45, 7) is 2.84. The lowest BCUT2D eigenvalue weighted by molar-refractivity contribution is 0.696. The summed E-state index contributed by atoms with van der Waals surface area (Å²) in [5, 5.41) is 4.30. The molecule has 0 fully saturated rings. The summed E-state index contributed by atoms with van der Waals surface area (Å²) >= 11 is 1.72. The molecule has 0 aliphatic carbocycles. The number of rotatable bonds is 4. The minimum absolute atomic E-state index is 0.733. The minimum Gasteiger partial charge on any atom is -0.383 e. The molecule has 2 aromatic rings. The molecule has 0 aliphatic heterocycles. The van der Waals surface area contributed by atoms with Crippen molar-refractivity contribution < 1.29 is 0 Å². The molecular formula is C12H15N3S. The molecule has 2 rings (SSSR count). The Balaban J connectivity index is 2.16. The fraction of sp³-hybridized carbons (Fsp3) is 0.250. The second-order valence-electron chi connectivity index (χ2n) is 3.47. The number of nitrogens with two attached hydrogens (primary N) is 1. The molecule has 2 N–H and O–H groups in total. The Morgan fingerprint density at radius 2 is 2.06 bits per heavy atom. The molecule has 0 aliphatic rings. The lowest BCUT2D eigenvalue weighted by Gasteiger charge is -2.04. The third kappa shape index (κ3) is 2.39. The van der Waals surface area contributed by atoms with E-state index in [1.807, 2.05) is 29.1 Å². The van der Waals surface area contributed by atoms with E-state index in [1.165, 1.54) is 5.56 Å². The zero-order valence-corrected chi connectivity index (χ0v) is 10.1. The molecule has 0 atom stereocenters. The molecular weight excluding hydrogens is 218 g/mol. The second kappa shape index (κ2) is 5.07. The Kier molecular flexibility index (Phi) is 3.51. The van der Waals surface area contributed by atoms with Gasteiger partial charge in [0.1, 0.15) is 5.82 Å². The molecule has 1 aromatic carbocycles. The van der Waals surface area contributed by atoms with Crippen LogP contribution in [0.3, 0.4) is 0 Å². The van der Waals surface area contributed by atoms with E-state index in [0.717, 1.165) is 23.0 Å². The molecule has 0 saturated heterocycles. The van der Waals surface area contributed by atoms with Crippen LogP contribution in [-0.4, -0.2) is 15.5 Å². The van der Waals surface area contributed by atoms with E-state index in [4.69, 9.17) is 5.73 Å². The van der Waals surface area contributed by atoms with Crippen LogP contribution in [0, 0.1) is 0 Å². The zero-order valence-electron chi connectivity index (χ0n) is 9.26. The van der Waals surface area contributed by atoms with Crippen molar-refractivity contribution in [2.24, 2.45) is 0 Å². The minimum atomic E-state index is 0.733. The maximum Gasteiger partial charge on any atom is 0.135 e. The van der Waals surface area contributed by atoms with Crippen molar-refractivity contribution in [3.05, 3.63) is 42.1 Å². The van der Waals surface area contributed by atoms with Crippen molar-refractivity contribution in [1.29, 1.82) is 0 Å². The van der Waals surface area contributed by atoms with E-state index in [-0.39, 0.29) is 0 Å². The van der Waals surface area contributed by atoms with E-state index in [0.29, 0.717) is 0 Å². The Hall–Kier alpha value is -1.42. The van der Waals surface area contributed by atoms with Crippen LogP contribution in [0.1, 0.15) is 12.5 Å². The fourth-order valence-electron chi connectivity index (χ4n) is 1.53. The Morgan fingerprint density at radius 1 is 1.31 bits per heavy atom. The van der Waals surface area contributed by atoms with Gasteiger partial charge < -0.3 is 5.73 Å². The van der Waals surface area contributed by atoms with Crippen LogP contribution >= 0.6 is 11.8 Å². The predicted molar refractivity (Wildman–Crippen MR) is 68.6 cm³/mol. The van der Waals surface area contributed by atoms with Crippen LogP contribution in [0.15, 0.2) is 41.4 Å². The van der Waals surface area contributed by atoms with Crippen molar-refractivity contribution in [2.45, 2.75) is 18.4 Å². The first-order valence-electron chi connectivity index (χ1n) is 5.29. The number of aromatic nitrogens is 2. The van der Waals surface area contributed by atoms with Crippen LogP contribution < -0.4 is 5.73 Å². The molecule has 84 valence electrons. The summed E-state index contributed by atoms with van der Waals surface area (Å²) in [5.74, 6) is 1.78. The Morgan fingerprint density at radius 3 is 2.75 bits per heavy atom. The van der Waals surface area contributed by atoms with Gasteiger partial charge in [0.25, 0.3) is 0 Å². The number of hydrogen-bond donors (Lipinski definition) is 1. The monoisotopic (exact) mass is 233 g/mol. The molecule has 0 saturated carbocycles. The lowest BCUT2D eigenvalue weighted by Crippen LogP contribution is -2.05. The van der Waals surface area contributed by atoms with Crippen LogP contribution in [0.25, 0.3) is 0 Å². The molecule has 1 aromatic heterocycles. The number of hydrogen-bond acceptors (Lipinski definition) is 3. The van der Waals surface area contributed by atoms with E-state index >= 15 is 0 Å². The number of nitrogens with zero attached hydrogens (tertiary/aromatic N) is 2. The Bertz CT molecular complexity index is 451. The lowest BCUT2D eigenvalue weighted by atomic mass is 10.2. The highest BCUT2D eigenvalue weighted by molar-refractivity contribution is 7.99. The summed E-state index contributed by atoms with van der Waals surface area (Å²) in [7, 11) is 0. The molecule has 0 amide bonds. The topological polar surface area (TPSA) is 43.8 Å². The van der Waals surface area contributed by atoms with E-state index in [1.54, 1.807) is 11.8 Å². The highest BCUT2D eigenvalue weighted by atomic mass is 32.2. The molecule has 16 heavy (non-hydrogen) atoms. The maximum absolute atomic E-state index is 6.02. The van der Waals surface area contributed by atoms with Gasteiger partial charge in [-0.3, -0.25) is 0 Å². The first kappa shape index (κ1) is 11.1. The second-order valence-corrected chi connectivity index (χ2v) is 4.78. The van der Waals surface area contributed by atoms with Gasteiger partial charge in [-0.05, 0) is 11.3 Å². The summed E-state index contributed by atoms with van der Waals surface area (Å²) in [4.78, 5) is 1.07.